The molecule has 1 aliphatic heterocycles. The van der Waals surface area contributed by atoms with Crippen molar-refractivity contribution in [2.75, 3.05) is 33.2 Å². The molecule has 3 rings (SSSR count). The number of piperidine rings is 1. The number of rotatable bonds is 6. The van der Waals surface area contributed by atoms with E-state index in [-0.39, 0.29) is 29.9 Å². The summed E-state index contributed by atoms with van der Waals surface area (Å²) in [6.07, 6.45) is 7.75. The molecule has 2 unspecified atom stereocenters. The molecule has 2 aromatic heterocycles. The number of thiophene rings is 1. The van der Waals surface area contributed by atoms with Crippen LogP contribution in [0.15, 0.2) is 41.2 Å². The minimum Gasteiger partial charge on any atom is -0.356 e. The maximum atomic E-state index is 11.9. The van der Waals surface area contributed by atoms with Crippen LogP contribution in [0.5, 0.6) is 0 Å². The largest absolute Gasteiger partial charge is 0.356 e. The van der Waals surface area contributed by atoms with Crippen LogP contribution in [-0.2, 0) is 0 Å². The Hall–Kier alpha value is -1.62. The Labute approximate surface area is 187 Å². The van der Waals surface area contributed by atoms with E-state index < -0.39 is 0 Å². The standard InChI is InChI=1S/C19H28N6OS.HI/c1-15-6-10-24(13-16(15)25-11-9-21-14-25)19(20-2)23-8-4-7-22-18(26)17-5-3-12-27-17;/h3,5,9,11-12,14-16H,4,6-8,10,13H2,1-2H3,(H,20,23)(H,22,26);1H. The first kappa shape index (κ1) is 22.7. The van der Waals surface area contributed by atoms with Gasteiger partial charge in [-0.1, -0.05) is 13.0 Å². The van der Waals surface area contributed by atoms with E-state index in [0.717, 1.165) is 43.3 Å². The molecular weight excluding hydrogens is 487 g/mol. The van der Waals surface area contributed by atoms with Gasteiger partial charge in [0.25, 0.3) is 5.91 Å². The average Bonchev–Trinajstić information content (AvgIpc) is 3.39. The van der Waals surface area contributed by atoms with Crippen LogP contribution in [0.4, 0.5) is 0 Å². The molecule has 1 fully saturated rings. The summed E-state index contributed by atoms with van der Waals surface area (Å²) in [4.78, 5) is 23.6. The Morgan fingerprint density at radius 2 is 2.21 bits per heavy atom. The first-order chi connectivity index (χ1) is 13.2. The minimum absolute atomic E-state index is 0. The normalized spacial score (nSPS) is 19.8. The van der Waals surface area contributed by atoms with Gasteiger partial charge in [-0.2, -0.15) is 0 Å². The Bertz CT molecular complexity index is 734. The maximum Gasteiger partial charge on any atom is 0.261 e. The molecule has 0 radical (unpaired) electrons. The fourth-order valence-corrected chi connectivity index (χ4v) is 4.05. The third-order valence-corrected chi connectivity index (χ3v) is 5.87. The van der Waals surface area contributed by atoms with Gasteiger partial charge >= 0.3 is 0 Å². The van der Waals surface area contributed by atoms with Crippen molar-refractivity contribution in [2.24, 2.45) is 10.9 Å². The molecule has 7 nitrogen and oxygen atoms in total. The van der Waals surface area contributed by atoms with E-state index in [0.29, 0.717) is 18.5 Å². The van der Waals surface area contributed by atoms with Crippen LogP contribution in [0, 0.1) is 5.92 Å². The SMILES string of the molecule is CN=C(NCCCNC(=O)c1cccs1)N1CCC(C)C(n2ccnc2)C1.I. The van der Waals surface area contributed by atoms with Crippen molar-refractivity contribution < 1.29 is 4.79 Å². The fourth-order valence-electron chi connectivity index (χ4n) is 3.41. The summed E-state index contributed by atoms with van der Waals surface area (Å²) in [5, 5.41) is 8.30. The number of hydrogen-bond donors (Lipinski definition) is 2. The smallest absolute Gasteiger partial charge is 0.261 e. The second-order valence-corrected chi connectivity index (χ2v) is 7.80. The Balaban J connectivity index is 0.00000280. The molecule has 0 aliphatic carbocycles. The number of nitrogens with one attached hydrogen (secondary N) is 2. The second kappa shape index (κ2) is 11.4. The third-order valence-electron chi connectivity index (χ3n) is 5.01. The molecule has 0 bridgehead atoms. The zero-order valence-electron chi connectivity index (χ0n) is 16.4. The van der Waals surface area contributed by atoms with Crippen molar-refractivity contribution in [3.8, 4) is 0 Å². The summed E-state index contributed by atoms with van der Waals surface area (Å²) in [6.45, 7) is 5.65. The van der Waals surface area contributed by atoms with Crippen LogP contribution in [-0.4, -0.2) is 59.5 Å². The zero-order valence-corrected chi connectivity index (χ0v) is 19.5. The summed E-state index contributed by atoms with van der Waals surface area (Å²) in [7, 11) is 1.82. The highest BCUT2D eigenvalue weighted by molar-refractivity contribution is 14.0. The highest BCUT2D eigenvalue weighted by Crippen LogP contribution is 2.27. The van der Waals surface area contributed by atoms with Gasteiger partial charge < -0.3 is 20.1 Å². The van der Waals surface area contributed by atoms with E-state index in [9.17, 15) is 4.79 Å². The number of imidazole rings is 1. The van der Waals surface area contributed by atoms with Crippen LogP contribution < -0.4 is 10.6 Å². The van der Waals surface area contributed by atoms with E-state index in [2.05, 4.69) is 37.0 Å². The lowest BCUT2D eigenvalue weighted by molar-refractivity contribution is 0.0957. The summed E-state index contributed by atoms with van der Waals surface area (Å²) in [5.74, 6) is 1.54. The monoisotopic (exact) mass is 516 g/mol. The number of halogens is 1. The molecule has 9 heteroatoms. The molecule has 28 heavy (non-hydrogen) atoms. The lowest BCUT2D eigenvalue weighted by atomic mass is 9.93. The lowest BCUT2D eigenvalue weighted by Gasteiger charge is -2.39. The number of likely N-dealkylation sites (tertiary alicyclic amines) is 1. The van der Waals surface area contributed by atoms with E-state index in [4.69, 9.17) is 0 Å². The van der Waals surface area contributed by atoms with Crippen molar-refractivity contribution in [3.63, 3.8) is 0 Å². The van der Waals surface area contributed by atoms with Crippen LogP contribution >= 0.6 is 35.3 Å². The summed E-state index contributed by atoms with van der Waals surface area (Å²) < 4.78 is 2.20. The predicted octanol–water partition coefficient (Wildman–Crippen LogP) is 2.84. The molecule has 2 aromatic rings. The molecule has 1 aliphatic rings. The van der Waals surface area contributed by atoms with Crippen molar-refractivity contribution in [3.05, 3.63) is 41.1 Å². The number of guanidine groups is 1. The molecule has 1 saturated heterocycles. The van der Waals surface area contributed by atoms with E-state index in [1.807, 2.05) is 43.3 Å². The lowest BCUT2D eigenvalue weighted by Crippen LogP contribution is -2.49. The van der Waals surface area contributed by atoms with Crippen LogP contribution in [0.3, 0.4) is 0 Å². The quantitative estimate of drug-likeness (QED) is 0.268. The molecule has 3 heterocycles. The summed E-state index contributed by atoms with van der Waals surface area (Å²) >= 11 is 1.46. The molecule has 2 atom stereocenters. The van der Waals surface area contributed by atoms with Crippen molar-refractivity contribution in [2.45, 2.75) is 25.8 Å². The van der Waals surface area contributed by atoms with Gasteiger partial charge in [-0.3, -0.25) is 9.79 Å². The number of aliphatic imine (C=N–C) groups is 1. The fraction of sp³-hybridized carbons (Fsp3) is 0.526. The van der Waals surface area contributed by atoms with Crippen molar-refractivity contribution >= 4 is 47.2 Å². The highest BCUT2D eigenvalue weighted by Gasteiger charge is 2.28. The van der Waals surface area contributed by atoms with Crippen LogP contribution in [0.2, 0.25) is 0 Å². The average molecular weight is 516 g/mol. The van der Waals surface area contributed by atoms with Gasteiger partial charge in [-0.05, 0) is 30.2 Å². The molecule has 1 amide bonds. The predicted molar refractivity (Wildman–Crippen MR) is 125 cm³/mol. The van der Waals surface area contributed by atoms with Gasteiger partial charge in [0.1, 0.15) is 0 Å². The highest BCUT2D eigenvalue weighted by atomic mass is 127. The summed E-state index contributed by atoms with van der Waals surface area (Å²) in [5.41, 5.74) is 0. The number of nitrogens with zero attached hydrogens (tertiary/aromatic N) is 4. The van der Waals surface area contributed by atoms with Gasteiger partial charge in [0.2, 0.25) is 0 Å². The van der Waals surface area contributed by atoms with Gasteiger partial charge in [-0.15, -0.1) is 35.3 Å². The molecule has 2 N–H and O–H groups in total. The number of carbonyl (C=O) groups excluding carboxylic acids is 1. The molecule has 0 spiro atoms. The number of aromatic nitrogens is 2. The third kappa shape index (κ3) is 5.94. The second-order valence-electron chi connectivity index (χ2n) is 6.85. The van der Waals surface area contributed by atoms with Crippen molar-refractivity contribution in [1.29, 1.82) is 0 Å². The Morgan fingerprint density at radius 3 is 2.89 bits per heavy atom. The number of hydrogen-bond acceptors (Lipinski definition) is 4. The Kier molecular flexibility index (Phi) is 9.23. The van der Waals surface area contributed by atoms with Gasteiger partial charge in [-0.25, -0.2) is 4.98 Å². The first-order valence-electron chi connectivity index (χ1n) is 9.43. The van der Waals surface area contributed by atoms with Crippen LogP contribution in [0.1, 0.15) is 35.5 Å². The molecule has 0 aromatic carbocycles. The first-order valence-corrected chi connectivity index (χ1v) is 10.3. The van der Waals surface area contributed by atoms with Crippen molar-refractivity contribution in [1.82, 2.24) is 25.1 Å². The van der Waals surface area contributed by atoms with Gasteiger partial charge in [0, 0.05) is 45.6 Å². The van der Waals surface area contributed by atoms with Gasteiger partial charge in [0.05, 0.1) is 17.2 Å². The van der Waals surface area contributed by atoms with E-state index in [1.165, 1.54) is 11.3 Å². The zero-order chi connectivity index (χ0) is 19.1. The molecule has 0 saturated carbocycles. The summed E-state index contributed by atoms with van der Waals surface area (Å²) in [6, 6.07) is 4.14. The van der Waals surface area contributed by atoms with E-state index in [1.54, 1.807) is 0 Å². The minimum atomic E-state index is 0. The molecular formula is C19H29IN6OS. The van der Waals surface area contributed by atoms with Gasteiger partial charge in [0.15, 0.2) is 5.96 Å². The topological polar surface area (TPSA) is 74.6 Å². The maximum absolute atomic E-state index is 11.9. The molecule has 154 valence electrons. The van der Waals surface area contributed by atoms with E-state index >= 15 is 0 Å². The number of amides is 1. The van der Waals surface area contributed by atoms with Crippen LogP contribution in [0.25, 0.3) is 0 Å². The Morgan fingerprint density at radius 1 is 1.39 bits per heavy atom. The number of carbonyl (C=O) groups is 1.